The van der Waals surface area contributed by atoms with Crippen molar-refractivity contribution < 1.29 is 46.5 Å². The van der Waals surface area contributed by atoms with Crippen LogP contribution in [0.2, 0.25) is 10.0 Å². The second kappa shape index (κ2) is 15.3. The number of aryl methyl sites for hydroxylation is 1. The van der Waals surface area contributed by atoms with Gasteiger partial charge in [0, 0.05) is 17.5 Å². The summed E-state index contributed by atoms with van der Waals surface area (Å²) < 4.78 is 68.7. The van der Waals surface area contributed by atoms with Crippen molar-refractivity contribution in [2.45, 2.75) is 36.2 Å². The number of aromatic nitrogens is 4. The van der Waals surface area contributed by atoms with Gasteiger partial charge in [-0.2, -0.15) is 28.2 Å². The number of carbonyl (C=O) groups excluding carboxylic acids is 1. The highest BCUT2D eigenvalue weighted by Crippen LogP contribution is 2.41. The molecule has 0 saturated heterocycles. The van der Waals surface area contributed by atoms with E-state index in [1.165, 1.54) is 26.4 Å². The van der Waals surface area contributed by atoms with Crippen LogP contribution in [0, 0.1) is 5.82 Å². The summed E-state index contributed by atoms with van der Waals surface area (Å²) in [4.78, 5) is 32.0. The lowest BCUT2D eigenvalue weighted by molar-refractivity contribution is -0.144. The summed E-state index contributed by atoms with van der Waals surface area (Å²) in [7, 11) is 4.02. The monoisotopic (exact) mass is 768 g/mol. The predicted molar refractivity (Wildman–Crippen MR) is 165 cm³/mol. The zero-order valence-electron chi connectivity index (χ0n) is 24.4. The minimum atomic E-state index is -4.69. The Balaban J connectivity index is 0.000000254. The Hall–Kier alpha value is -3.60. The Bertz CT molecular complexity index is 1750. The standard InChI is InChI=1S/C15H12BrClF4N2O2.C13H11ClN2O4S/c1-6(2)25-14(24)7-4-8(10(18)5-9(7)17)12-11(16)13(15(19,20)21)23(3)22-12;1-19-9-6-10(20-2)16-13(15-9)21-8-5-3-4-7(14)11(8)12(17)18/h4-6H,1-3H3;3-6H,1-2H3,(H,17,18). The van der Waals surface area contributed by atoms with Crippen molar-refractivity contribution >= 4 is 62.8 Å². The maximum Gasteiger partial charge on any atom is 0.434 e. The highest BCUT2D eigenvalue weighted by Gasteiger charge is 2.39. The van der Waals surface area contributed by atoms with Crippen molar-refractivity contribution in [1.29, 1.82) is 0 Å². The van der Waals surface area contributed by atoms with E-state index in [1.54, 1.807) is 26.0 Å². The molecule has 0 atom stereocenters. The molecule has 0 unspecified atom stereocenters. The van der Waals surface area contributed by atoms with Gasteiger partial charge in [-0.1, -0.05) is 29.3 Å². The first kappa shape index (κ1) is 36.9. The second-order valence-electron chi connectivity index (χ2n) is 9.15. The van der Waals surface area contributed by atoms with Gasteiger partial charge in [-0.3, -0.25) is 4.68 Å². The molecule has 18 heteroatoms. The SMILES string of the molecule is CC(C)OC(=O)c1cc(-c2nn(C)c(C(F)(F)F)c2Br)c(F)cc1Cl.COc1cc(OC)nc(Sc2cccc(Cl)c2C(=O)O)n1. The van der Waals surface area contributed by atoms with E-state index in [1.807, 2.05) is 0 Å². The molecule has 246 valence electrons. The van der Waals surface area contributed by atoms with Gasteiger partial charge in [0.1, 0.15) is 11.5 Å². The number of hydrogen-bond acceptors (Lipinski definition) is 9. The number of carboxylic acid groups (broad SMARTS) is 1. The van der Waals surface area contributed by atoms with Crippen LogP contribution in [0.25, 0.3) is 11.3 Å². The molecule has 0 aliphatic carbocycles. The molecule has 0 amide bonds. The third kappa shape index (κ3) is 8.80. The van der Waals surface area contributed by atoms with E-state index in [2.05, 4.69) is 31.0 Å². The van der Waals surface area contributed by atoms with E-state index >= 15 is 0 Å². The van der Waals surface area contributed by atoms with Crippen molar-refractivity contribution in [3.8, 4) is 23.0 Å². The first-order valence-electron chi connectivity index (χ1n) is 12.6. The number of carboxylic acids is 1. The zero-order chi connectivity index (χ0) is 34.5. The lowest BCUT2D eigenvalue weighted by atomic mass is 10.1. The van der Waals surface area contributed by atoms with Gasteiger partial charge in [0.2, 0.25) is 11.8 Å². The number of ether oxygens (including phenoxy) is 3. The molecular weight excluding hydrogens is 747 g/mol. The van der Waals surface area contributed by atoms with Crippen molar-refractivity contribution in [1.82, 2.24) is 19.7 Å². The third-order valence-electron chi connectivity index (χ3n) is 5.60. The predicted octanol–water partition coefficient (Wildman–Crippen LogP) is 8.22. The van der Waals surface area contributed by atoms with Crippen molar-refractivity contribution in [3.05, 3.63) is 73.6 Å². The average molecular weight is 770 g/mol. The summed E-state index contributed by atoms with van der Waals surface area (Å²) in [5.74, 6) is -2.20. The average Bonchev–Trinajstić information content (AvgIpc) is 3.26. The normalized spacial score (nSPS) is 11.2. The molecule has 0 saturated carbocycles. The summed E-state index contributed by atoms with van der Waals surface area (Å²) in [6.07, 6.45) is -5.14. The number of carbonyl (C=O) groups is 2. The summed E-state index contributed by atoms with van der Waals surface area (Å²) in [6, 6.07) is 8.20. The number of benzene rings is 2. The molecule has 2 aromatic heterocycles. The van der Waals surface area contributed by atoms with E-state index in [4.69, 9.17) is 37.4 Å². The number of rotatable bonds is 8. The van der Waals surface area contributed by atoms with Crippen LogP contribution in [0.1, 0.15) is 40.3 Å². The summed E-state index contributed by atoms with van der Waals surface area (Å²) in [5.41, 5.74) is -1.85. The highest BCUT2D eigenvalue weighted by molar-refractivity contribution is 9.10. The van der Waals surface area contributed by atoms with Gasteiger partial charge < -0.3 is 19.3 Å². The number of nitrogens with zero attached hydrogens (tertiary/aromatic N) is 4. The summed E-state index contributed by atoms with van der Waals surface area (Å²) in [5, 5.41) is 13.2. The van der Waals surface area contributed by atoms with Crippen molar-refractivity contribution in [3.63, 3.8) is 0 Å². The Morgan fingerprint density at radius 1 is 1.04 bits per heavy atom. The number of aromatic carboxylic acids is 1. The molecule has 4 rings (SSSR count). The minimum absolute atomic E-state index is 0.00885. The Morgan fingerprint density at radius 3 is 2.15 bits per heavy atom. The van der Waals surface area contributed by atoms with Crippen LogP contribution in [0.5, 0.6) is 11.8 Å². The largest absolute Gasteiger partial charge is 0.481 e. The van der Waals surface area contributed by atoms with Crippen LogP contribution >= 0.6 is 50.9 Å². The van der Waals surface area contributed by atoms with Gasteiger partial charge in [-0.25, -0.2) is 14.0 Å². The molecule has 2 aromatic carbocycles. The third-order valence-corrected chi connectivity index (χ3v) is 7.90. The Morgan fingerprint density at radius 2 is 1.65 bits per heavy atom. The number of alkyl halides is 3. The van der Waals surface area contributed by atoms with Gasteiger partial charge in [0.05, 0.1) is 52.0 Å². The van der Waals surface area contributed by atoms with Gasteiger partial charge >= 0.3 is 18.1 Å². The number of hydrogen-bond donors (Lipinski definition) is 1. The number of halogens is 7. The lowest BCUT2D eigenvalue weighted by Crippen LogP contribution is -2.12. The van der Waals surface area contributed by atoms with Crippen LogP contribution in [0.4, 0.5) is 17.6 Å². The minimum Gasteiger partial charge on any atom is -0.481 e. The summed E-state index contributed by atoms with van der Waals surface area (Å²) >= 11 is 15.7. The molecule has 4 aromatic rings. The van der Waals surface area contributed by atoms with Crippen LogP contribution in [0.3, 0.4) is 0 Å². The first-order valence-corrected chi connectivity index (χ1v) is 15.0. The van der Waals surface area contributed by atoms with E-state index in [0.29, 0.717) is 26.5 Å². The molecule has 0 bridgehead atoms. The number of methoxy groups -OCH3 is 2. The molecule has 1 N–H and O–H groups in total. The van der Waals surface area contributed by atoms with Gasteiger partial charge in [-0.05, 0) is 65.8 Å². The maximum absolute atomic E-state index is 14.3. The molecule has 0 fully saturated rings. The fraction of sp³-hybridized carbons (Fsp3) is 0.250. The first-order chi connectivity index (χ1) is 21.5. The van der Waals surface area contributed by atoms with E-state index in [-0.39, 0.29) is 32.4 Å². The van der Waals surface area contributed by atoms with E-state index in [0.717, 1.165) is 30.9 Å². The lowest BCUT2D eigenvalue weighted by Gasteiger charge is -2.11. The Kier molecular flexibility index (Phi) is 12.3. The second-order valence-corrected chi connectivity index (χ2v) is 11.8. The quantitative estimate of drug-likeness (QED) is 0.106. The molecule has 46 heavy (non-hydrogen) atoms. The molecular formula is C28H23BrCl2F4N4O6S. The molecule has 0 radical (unpaired) electrons. The molecule has 2 heterocycles. The zero-order valence-corrected chi connectivity index (χ0v) is 28.3. The fourth-order valence-corrected chi connectivity index (χ4v) is 5.90. The number of esters is 1. The van der Waals surface area contributed by atoms with E-state index in [9.17, 15) is 32.3 Å². The fourth-order valence-electron chi connectivity index (χ4n) is 3.68. The maximum atomic E-state index is 14.3. The smallest absolute Gasteiger partial charge is 0.434 e. The Labute approximate surface area is 282 Å². The van der Waals surface area contributed by atoms with Gasteiger partial charge in [0.25, 0.3) is 0 Å². The molecule has 0 aliphatic rings. The van der Waals surface area contributed by atoms with Gasteiger partial charge in [-0.15, -0.1) is 0 Å². The van der Waals surface area contributed by atoms with E-state index < -0.39 is 40.2 Å². The molecule has 0 aliphatic heterocycles. The van der Waals surface area contributed by atoms with Crippen molar-refractivity contribution in [2.75, 3.05) is 14.2 Å². The highest BCUT2D eigenvalue weighted by atomic mass is 79.9. The van der Waals surface area contributed by atoms with Crippen LogP contribution < -0.4 is 9.47 Å². The molecule has 0 spiro atoms. The molecule has 10 nitrogen and oxygen atoms in total. The van der Waals surface area contributed by atoms with Gasteiger partial charge in [0.15, 0.2) is 10.9 Å². The van der Waals surface area contributed by atoms with Crippen LogP contribution in [-0.4, -0.2) is 57.1 Å². The van der Waals surface area contributed by atoms with Crippen LogP contribution in [0.15, 0.2) is 50.9 Å². The van der Waals surface area contributed by atoms with Crippen LogP contribution in [-0.2, 0) is 18.0 Å². The summed E-state index contributed by atoms with van der Waals surface area (Å²) in [6.45, 7) is 3.22. The van der Waals surface area contributed by atoms with Crippen molar-refractivity contribution in [2.24, 2.45) is 7.05 Å². The topological polar surface area (TPSA) is 126 Å².